The van der Waals surface area contributed by atoms with Crippen LogP contribution in [0.2, 0.25) is 0 Å². The van der Waals surface area contributed by atoms with Gasteiger partial charge in [-0.15, -0.1) is 0 Å². The molecular weight excluding hydrogens is 244 g/mol. The van der Waals surface area contributed by atoms with Gasteiger partial charge in [-0.25, -0.2) is 15.8 Å². The zero-order chi connectivity index (χ0) is 14.3. The van der Waals surface area contributed by atoms with Gasteiger partial charge in [0.1, 0.15) is 6.33 Å². The van der Waals surface area contributed by atoms with Crippen LogP contribution in [-0.4, -0.2) is 55.7 Å². The van der Waals surface area contributed by atoms with E-state index in [4.69, 9.17) is 10.6 Å². The molecule has 0 aliphatic carbocycles. The first-order valence-electron chi connectivity index (χ1n) is 6.39. The standard InChI is InChI=1S/C12H24N6O/c1-5-6-18(8-7-17(2)3)12-10(19-4)11(16-13)14-9-15-12/h9H,5-8,13H2,1-4H3,(H,14,15,16). The summed E-state index contributed by atoms with van der Waals surface area (Å²) in [5.74, 6) is 7.30. The van der Waals surface area contributed by atoms with Gasteiger partial charge < -0.3 is 20.0 Å². The van der Waals surface area contributed by atoms with E-state index < -0.39 is 0 Å². The van der Waals surface area contributed by atoms with Crippen molar-refractivity contribution in [1.82, 2.24) is 14.9 Å². The fourth-order valence-corrected chi connectivity index (χ4v) is 1.79. The summed E-state index contributed by atoms with van der Waals surface area (Å²) in [6, 6.07) is 0. The van der Waals surface area contributed by atoms with Crippen molar-refractivity contribution in [2.45, 2.75) is 13.3 Å². The van der Waals surface area contributed by atoms with Gasteiger partial charge >= 0.3 is 0 Å². The third-order valence-corrected chi connectivity index (χ3v) is 2.74. The first-order valence-corrected chi connectivity index (χ1v) is 6.39. The van der Waals surface area contributed by atoms with Gasteiger partial charge in [-0.1, -0.05) is 6.92 Å². The number of rotatable bonds is 8. The highest BCUT2D eigenvalue weighted by Crippen LogP contribution is 2.31. The lowest BCUT2D eigenvalue weighted by atomic mass is 10.3. The molecule has 0 saturated heterocycles. The molecule has 0 fully saturated rings. The number of nitrogen functional groups attached to an aromatic ring is 1. The van der Waals surface area contributed by atoms with Gasteiger partial charge in [0.25, 0.3) is 0 Å². The molecule has 0 bridgehead atoms. The molecule has 1 heterocycles. The van der Waals surface area contributed by atoms with Gasteiger partial charge in [-0.2, -0.15) is 0 Å². The van der Waals surface area contributed by atoms with Crippen LogP contribution in [0.3, 0.4) is 0 Å². The van der Waals surface area contributed by atoms with Gasteiger partial charge in [0.2, 0.25) is 5.75 Å². The monoisotopic (exact) mass is 268 g/mol. The van der Waals surface area contributed by atoms with Crippen LogP contribution in [-0.2, 0) is 0 Å². The SMILES string of the molecule is CCCN(CCN(C)C)c1ncnc(NN)c1OC. The van der Waals surface area contributed by atoms with E-state index in [0.29, 0.717) is 11.6 Å². The Morgan fingerprint density at radius 2 is 2.00 bits per heavy atom. The smallest absolute Gasteiger partial charge is 0.205 e. The molecule has 0 aliphatic heterocycles. The van der Waals surface area contributed by atoms with Crippen molar-refractivity contribution in [3.63, 3.8) is 0 Å². The van der Waals surface area contributed by atoms with Crippen LogP contribution in [0, 0.1) is 0 Å². The van der Waals surface area contributed by atoms with Crippen LogP contribution < -0.4 is 20.9 Å². The van der Waals surface area contributed by atoms with Crippen LogP contribution >= 0.6 is 0 Å². The van der Waals surface area contributed by atoms with Gasteiger partial charge in [-0.3, -0.25) is 0 Å². The van der Waals surface area contributed by atoms with Crippen molar-refractivity contribution in [1.29, 1.82) is 0 Å². The normalized spacial score (nSPS) is 10.6. The van der Waals surface area contributed by atoms with Crippen molar-refractivity contribution < 1.29 is 4.74 Å². The van der Waals surface area contributed by atoms with Crippen LogP contribution in [0.15, 0.2) is 6.33 Å². The molecule has 0 aliphatic rings. The number of ether oxygens (including phenoxy) is 1. The summed E-state index contributed by atoms with van der Waals surface area (Å²) in [4.78, 5) is 12.7. The molecule has 1 rings (SSSR count). The molecule has 0 unspecified atom stereocenters. The van der Waals surface area contributed by atoms with E-state index in [9.17, 15) is 0 Å². The first-order chi connectivity index (χ1) is 9.13. The summed E-state index contributed by atoms with van der Waals surface area (Å²) in [5.41, 5.74) is 2.54. The van der Waals surface area contributed by atoms with E-state index in [0.717, 1.165) is 31.9 Å². The topological polar surface area (TPSA) is 79.5 Å². The van der Waals surface area contributed by atoms with Crippen molar-refractivity contribution in [2.24, 2.45) is 5.84 Å². The Labute approximate surface area is 114 Å². The Morgan fingerprint density at radius 3 is 2.53 bits per heavy atom. The molecule has 0 saturated carbocycles. The molecule has 0 spiro atoms. The zero-order valence-electron chi connectivity index (χ0n) is 12.2. The molecule has 1 aromatic rings. The quantitative estimate of drug-likeness (QED) is 0.526. The molecule has 0 radical (unpaired) electrons. The summed E-state index contributed by atoms with van der Waals surface area (Å²) in [7, 11) is 5.70. The van der Waals surface area contributed by atoms with Gasteiger partial charge in [0, 0.05) is 19.6 Å². The maximum Gasteiger partial charge on any atom is 0.205 e. The highest BCUT2D eigenvalue weighted by molar-refractivity contribution is 5.64. The van der Waals surface area contributed by atoms with Crippen molar-refractivity contribution in [2.75, 3.05) is 51.2 Å². The largest absolute Gasteiger partial charge is 0.490 e. The lowest BCUT2D eigenvalue weighted by molar-refractivity contribution is 0.400. The Morgan fingerprint density at radius 1 is 1.26 bits per heavy atom. The number of hydrogen-bond acceptors (Lipinski definition) is 7. The van der Waals surface area contributed by atoms with Crippen molar-refractivity contribution in [3.05, 3.63) is 6.33 Å². The molecule has 1 aromatic heterocycles. The second kappa shape index (κ2) is 7.75. The number of aromatic nitrogens is 2. The van der Waals surface area contributed by atoms with Gasteiger partial charge in [0.15, 0.2) is 11.6 Å². The minimum absolute atomic E-state index is 0.499. The average Bonchev–Trinajstić information content (AvgIpc) is 2.42. The van der Waals surface area contributed by atoms with Gasteiger partial charge in [0.05, 0.1) is 7.11 Å². The first kappa shape index (κ1) is 15.5. The Balaban J connectivity index is 3.00. The lowest BCUT2D eigenvalue weighted by Crippen LogP contribution is -2.33. The van der Waals surface area contributed by atoms with Crippen LogP contribution in [0.1, 0.15) is 13.3 Å². The number of methoxy groups -OCH3 is 1. The predicted molar refractivity (Wildman–Crippen MR) is 77.5 cm³/mol. The third-order valence-electron chi connectivity index (χ3n) is 2.74. The molecular formula is C12H24N6O. The molecule has 0 aromatic carbocycles. The number of hydrazine groups is 1. The van der Waals surface area contributed by atoms with E-state index in [1.807, 2.05) is 14.1 Å². The Bertz CT molecular complexity index is 384. The summed E-state index contributed by atoms with van der Waals surface area (Å²) in [6.07, 6.45) is 2.53. The molecule has 108 valence electrons. The van der Waals surface area contributed by atoms with Crippen LogP contribution in [0.25, 0.3) is 0 Å². The summed E-state index contributed by atoms with van der Waals surface area (Å²) in [6.45, 7) is 4.86. The minimum atomic E-state index is 0.499. The molecule has 19 heavy (non-hydrogen) atoms. The maximum atomic E-state index is 5.44. The van der Waals surface area contributed by atoms with E-state index in [2.05, 4.69) is 32.1 Å². The fourth-order valence-electron chi connectivity index (χ4n) is 1.79. The van der Waals surface area contributed by atoms with Gasteiger partial charge in [-0.05, 0) is 20.5 Å². The molecule has 7 nitrogen and oxygen atoms in total. The number of hydrogen-bond donors (Lipinski definition) is 2. The maximum absolute atomic E-state index is 5.44. The Hall–Kier alpha value is -1.60. The fraction of sp³-hybridized carbons (Fsp3) is 0.667. The van der Waals surface area contributed by atoms with E-state index >= 15 is 0 Å². The molecule has 0 atom stereocenters. The van der Waals surface area contributed by atoms with Crippen LogP contribution in [0.4, 0.5) is 11.6 Å². The molecule has 3 N–H and O–H groups in total. The Kier molecular flexibility index (Phi) is 6.31. The second-order valence-corrected chi connectivity index (χ2v) is 4.51. The predicted octanol–water partition coefficient (Wildman–Crippen LogP) is 0.549. The van der Waals surface area contributed by atoms with E-state index in [-0.39, 0.29) is 0 Å². The number of nitrogens with two attached hydrogens (primary N) is 1. The molecule has 7 heteroatoms. The summed E-state index contributed by atoms with van der Waals surface area (Å²) in [5, 5.41) is 0. The lowest BCUT2D eigenvalue weighted by Gasteiger charge is -2.26. The second-order valence-electron chi connectivity index (χ2n) is 4.51. The van der Waals surface area contributed by atoms with Crippen LogP contribution in [0.5, 0.6) is 5.75 Å². The van der Waals surface area contributed by atoms with Crippen molar-refractivity contribution >= 4 is 11.6 Å². The molecule has 0 amide bonds. The van der Waals surface area contributed by atoms with Crippen molar-refractivity contribution in [3.8, 4) is 5.75 Å². The number of nitrogens with one attached hydrogen (secondary N) is 1. The highest BCUT2D eigenvalue weighted by atomic mass is 16.5. The number of nitrogens with zero attached hydrogens (tertiary/aromatic N) is 4. The van der Waals surface area contributed by atoms with E-state index in [1.165, 1.54) is 6.33 Å². The number of likely N-dealkylation sites (N-methyl/N-ethyl adjacent to an activating group) is 1. The summed E-state index contributed by atoms with van der Waals surface area (Å²) >= 11 is 0. The summed E-state index contributed by atoms with van der Waals surface area (Å²) < 4.78 is 5.38. The third kappa shape index (κ3) is 4.22. The number of anilines is 2. The average molecular weight is 268 g/mol. The zero-order valence-corrected chi connectivity index (χ0v) is 12.2. The van der Waals surface area contributed by atoms with E-state index in [1.54, 1.807) is 7.11 Å². The minimum Gasteiger partial charge on any atom is -0.490 e. The highest BCUT2D eigenvalue weighted by Gasteiger charge is 2.17.